The topological polar surface area (TPSA) is 216 Å². The van der Waals surface area contributed by atoms with Crippen molar-refractivity contribution in [1.29, 1.82) is 27.0 Å². The van der Waals surface area contributed by atoms with Crippen LogP contribution in [0.25, 0.3) is 0 Å². The van der Waals surface area contributed by atoms with E-state index in [1.807, 2.05) is 13.8 Å². The van der Waals surface area contributed by atoms with E-state index in [4.69, 9.17) is 49.3 Å². The SMILES string of the molecule is CC12CC(=N)[C@@]3(N)C(C1CCC2=N)[C@H](OON)C(=N)C1(N)C(=N)C(=N)CCC13C. The Labute approximate surface area is 169 Å². The molecule has 0 aromatic carbocycles. The third kappa shape index (κ3) is 2.01. The van der Waals surface area contributed by atoms with Gasteiger partial charge in [0.2, 0.25) is 0 Å². The normalized spacial score (nSPS) is 49.7. The molecule has 0 amide bonds. The maximum atomic E-state index is 9.02. The second-order valence-corrected chi connectivity index (χ2v) is 9.61. The van der Waals surface area contributed by atoms with E-state index in [0.717, 1.165) is 0 Å². The summed E-state index contributed by atoms with van der Waals surface area (Å²) >= 11 is 0. The predicted molar refractivity (Wildman–Crippen MR) is 109 cm³/mol. The van der Waals surface area contributed by atoms with Crippen LogP contribution < -0.4 is 17.4 Å². The summed E-state index contributed by atoms with van der Waals surface area (Å²) in [6.07, 6.45) is 1.28. The lowest BCUT2D eigenvalue weighted by Gasteiger charge is -2.69. The largest absolute Gasteiger partial charge is 0.320 e. The van der Waals surface area contributed by atoms with Crippen molar-refractivity contribution in [3.63, 3.8) is 0 Å². The first-order valence-electron chi connectivity index (χ1n) is 9.92. The van der Waals surface area contributed by atoms with E-state index < -0.39 is 33.9 Å². The maximum absolute atomic E-state index is 9.02. The number of nitrogens with one attached hydrogen (secondary N) is 5. The summed E-state index contributed by atoms with van der Waals surface area (Å²) < 4.78 is 0. The van der Waals surface area contributed by atoms with Crippen molar-refractivity contribution in [3.8, 4) is 0 Å². The Morgan fingerprint density at radius 3 is 2.28 bits per heavy atom. The Hall–Kier alpha value is -1.85. The van der Waals surface area contributed by atoms with Crippen molar-refractivity contribution in [3.05, 3.63) is 0 Å². The molecule has 0 aliphatic heterocycles. The fourth-order valence-corrected chi connectivity index (χ4v) is 6.87. The van der Waals surface area contributed by atoms with Crippen molar-refractivity contribution in [1.82, 2.24) is 0 Å². The van der Waals surface area contributed by atoms with Crippen molar-refractivity contribution in [2.45, 2.75) is 63.1 Å². The van der Waals surface area contributed by atoms with E-state index in [1.54, 1.807) is 0 Å². The number of fused-ring (bicyclic) bond motifs is 5. The molecule has 0 radical (unpaired) electrons. The summed E-state index contributed by atoms with van der Waals surface area (Å²) in [7, 11) is 0. The Morgan fingerprint density at radius 1 is 1.00 bits per heavy atom. The first-order valence-corrected chi connectivity index (χ1v) is 9.92. The van der Waals surface area contributed by atoms with Crippen LogP contribution in [0.5, 0.6) is 0 Å². The van der Waals surface area contributed by atoms with E-state index in [1.165, 1.54) is 0 Å². The molecule has 5 unspecified atom stereocenters. The summed E-state index contributed by atoms with van der Waals surface area (Å²) in [5.41, 5.74) is 10.0. The fraction of sp³-hybridized carbons (Fsp3) is 0.737. The molecule has 7 atom stereocenters. The average molecular weight is 403 g/mol. The van der Waals surface area contributed by atoms with Gasteiger partial charge in [0.05, 0.1) is 22.7 Å². The average Bonchev–Trinajstić information content (AvgIpc) is 2.95. The van der Waals surface area contributed by atoms with Crippen molar-refractivity contribution < 1.29 is 9.88 Å². The van der Waals surface area contributed by atoms with E-state index in [9.17, 15) is 0 Å². The molecule has 0 bridgehead atoms. The molecule has 0 spiro atoms. The van der Waals surface area contributed by atoms with Crippen LogP contribution >= 0.6 is 0 Å². The van der Waals surface area contributed by atoms with Gasteiger partial charge in [0.15, 0.2) is 0 Å². The van der Waals surface area contributed by atoms with Crippen LogP contribution in [0, 0.1) is 49.7 Å². The quantitative estimate of drug-likeness (QED) is 0.249. The van der Waals surface area contributed by atoms with Crippen LogP contribution in [0.1, 0.15) is 46.0 Å². The van der Waals surface area contributed by atoms with Crippen LogP contribution in [0.2, 0.25) is 0 Å². The van der Waals surface area contributed by atoms with Gasteiger partial charge in [-0.15, -0.1) is 4.99 Å². The fourth-order valence-electron chi connectivity index (χ4n) is 6.87. The van der Waals surface area contributed by atoms with Gasteiger partial charge < -0.3 is 38.5 Å². The Bertz CT molecular complexity index is 872. The predicted octanol–water partition coefficient (Wildman–Crippen LogP) is 0.921. The molecule has 0 aromatic rings. The molecular weight excluding hydrogens is 372 g/mol. The minimum Gasteiger partial charge on any atom is -0.320 e. The zero-order valence-electron chi connectivity index (χ0n) is 16.8. The van der Waals surface area contributed by atoms with E-state index in [2.05, 4.69) is 4.99 Å². The van der Waals surface area contributed by atoms with Crippen LogP contribution in [0.3, 0.4) is 0 Å². The van der Waals surface area contributed by atoms with Gasteiger partial charge in [-0.2, -0.15) is 5.90 Å². The van der Waals surface area contributed by atoms with Crippen molar-refractivity contribution >= 4 is 28.6 Å². The van der Waals surface area contributed by atoms with E-state index in [-0.39, 0.29) is 28.8 Å². The van der Waals surface area contributed by atoms with Gasteiger partial charge in [0.1, 0.15) is 11.6 Å². The number of nitrogens with two attached hydrogens (primary N) is 3. The summed E-state index contributed by atoms with van der Waals surface area (Å²) in [4.78, 5) is 9.88. The van der Waals surface area contributed by atoms with Crippen molar-refractivity contribution in [2.24, 2.45) is 40.0 Å². The van der Waals surface area contributed by atoms with Gasteiger partial charge in [0.25, 0.3) is 0 Å². The zero-order chi connectivity index (χ0) is 21.6. The van der Waals surface area contributed by atoms with Crippen LogP contribution in [-0.4, -0.2) is 45.7 Å². The summed E-state index contributed by atoms with van der Waals surface area (Å²) in [5.74, 6) is 4.58. The van der Waals surface area contributed by atoms with E-state index >= 15 is 0 Å². The molecule has 4 aliphatic carbocycles. The van der Waals surface area contributed by atoms with Gasteiger partial charge in [-0.1, -0.05) is 13.8 Å². The molecule has 4 rings (SSSR count). The molecule has 0 heterocycles. The number of hydrogen-bond donors (Lipinski definition) is 8. The molecule has 158 valence electrons. The Morgan fingerprint density at radius 2 is 1.66 bits per heavy atom. The lowest BCUT2D eigenvalue weighted by atomic mass is 9.37. The maximum Gasteiger partial charge on any atom is 0.140 e. The molecule has 10 nitrogen and oxygen atoms in total. The molecule has 10 heteroatoms. The Balaban J connectivity index is 1.99. The zero-order valence-corrected chi connectivity index (χ0v) is 16.8. The number of hydrogen-bond acceptors (Lipinski definition) is 10. The highest BCUT2D eigenvalue weighted by atomic mass is 17.3. The lowest BCUT2D eigenvalue weighted by molar-refractivity contribution is -0.334. The summed E-state index contributed by atoms with van der Waals surface area (Å²) in [6.45, 7) is 3.82. The highest BCUT2D eigenvalue weighted by molar-refractivity contribution is 6.49. The third-order valence-electron chi connectivity index (χ3n) is 8.76. The molecule has 4 saturated carbocycles. The van der Waals surface area contributed by atoms with Crippen molar-refractivity contribution in [2.75, 3.05) is 0 Å². The molecule has 4 fully saturated rings. The lowest BCUT2D eigenvalue weighted by Crippen LogP contribution is -2.88. The van der Waals surface area contributed by atoms with Crippen LogP contribution in [-0.2, 0) is 9.88 Å². The van der Waals surface area contributed by atoms with Gasteiger partial charge in [-0.3, -0.25) is 0 Å². The second-order valence-electron chi connectivity index (χ2n) is 9.61. The molecular formula is C19H30N8O2. The highest BCUT2D eigenvalue weighted by Crippen LogP contribution is 2.64. The smallest absolute Gasteiger partial charge is 0.140 e. The first kappa shape index (κ1) is 20.4. The summed E-state index contributed by atoms with van der Waals surface area (Å²) in [5, 5.41) is 43.3. The molecule has 0 saturated heterocycles. The minimum absolute atomic E-state index is 0.0685. The van der Waals surface area contributed by atoms with Crippen LogP contribution in [0.15, 0.2) is 0 Å². The van der Waals surface area contributed by atoms with Gasteiger partial charge in [0, 0.05) is 28.2 Å². The van der Waals surface area contributed by atoms with Gasteiger partial charge in [-0.25, -0.2) is 4.89 Å². The molecule has 29 heavy (non-hydrogen) atoms. The third-order valence-corrected chi connectivity index (χ3v) is 8.76. The van der Waals surface area contributed by atoms with Gasteiger partial charge in [-0.05, 0) is 38.0 Å². The van der Waals surface area contributed by atoms with Gasteiger partial charge >= 0.3 is 0 Å². The molecule has 11 N–H and O–H groups in total. The monoisotopic (exact) mass is 402 g/mol. The standard InChI is InChI=1S/C19H30N8O2/c1-16-7-11(22)18(25)12(8(16)3-4-10(16)21)13(28-29-27)15(24)19(26)14(23)9(20)5-6-17(18,19)2/h8,12-13,20-24H,3-7,25-27H2,1-2H3/t8?,12?,13-,16?,17?,18+,19?/m0/s1. The molecule has 4 aliphatic rings. The van der Waals surface area contributed by atoms with Crippen LogP contribution in [0.4, 0.5) is 0 Å². The second kappa shape index (κ2) is 5.86. The first-order chi connectivity index (χ1) is 13.4. The van der Waals surface area contributed by atoms with E-state index in [0.29, 0.717) is 37.8 Å². The summed E-state index contributed by atoms with van der Waals surface area (Å²) in [6, 6.07) is 0. The number of rotatable bonds is 2. The molecule has 0 aromatic heterocycles. The minimum atomic E-state index is -1.66. The Kier molecular flexibility index (Phi) is 4.12. The highest BCUT2D eigenvalue weighted by Gasteiger charge is 2.77.